The molecule has 6 heteroatoms. The molecule has 0 amide bonds. The lowest BCUT2D eigenvalue weighted by atomic mass is 9.83. The average molecular weight is 362 g/mol. The van der Waals surface area contributed by atoms with E-state index in [9.17, 15) is 9.59 Å². The van der Waals surface area contributed by atoms with Crippen LogP contribution >= 0.6 is 0 Å². The third-order valence-electron chi connectivity index (χ3n) is 5.31. The molecular formula is C20H26O6. The van der Waals surface area contributed by atoms with E-state index in [1.807, 2.05) is 32.1 Å². The Morgan fingerprint density at radius 2 is 2.08 bits per heavy atom. The van der Waals surface area contributed by atoms with Gasteiger partial charge in [0.1, 0.15) is 12.2 Å². The Balaban J connectivity index is 2.06. The quantitative estimate of drug-likeness (QED) is 0.437. The number of rotatable bonds is 3. The predicted octanol–water partition coefficient (Wildman–Crippen LogP) is 2.69. The molecule has 0 aromatic carbocycles. The normalized spacial score (nSPS) is 39.0. The molecule has 142 valence electrons. The van der Waals surface area contributed by atoms with E-state index in [0.717, 1.165) is 5.57 Å². The summed E-state index contributed by atoms with van der Waals surface area (Å²) in [5.74, 6) is -2.55. The van der Waals surface area contributed by atoms with Crippen molar-refractivity contribution in [1.29, 1.82) is 0 Å². The van der Waals surface area contributed by atoms with E-state index < -0.39 is 35.5 Å². The summed E-state index contributed by atoms with van der Waals surface area (Å²) in [6.45, 7) is 11.2. The Hall–Kier alpha value is -1.92. The lowest BCUT2D eigenvalue weighted by Gasteiger charge is -2.34. The number of carbonyl (C=O) groups excluding carboxylic acids is 2. The fraction of sp³-hybridized carbons (Fsp3) is 0.600. The van der Waals surface area contributed by atoms with Gasteiger partial charge >= 0.3 is 11.9 Å². The summed E-state index contributed by atoms with van der Waals surface area (Å²) in [6, 6.07) is 0. The van der Waals surface area contributed by atoms with Gasteiger partial charge in [-0.15, -0.1) is 0 Å². The van der Waals surface area contributed by atoms with Crippen LogP contribution in [-0.4, -0.2) is 42.6 Å². The van der Waals surface area contributed by atoms with Gasteiger partial charge in [-0.1, -0.05) is 26.5 Å². The lowest BCUT2D eigenvalue weighted by molar-refractivity contribution is -0.204. The minimum Gasteiger partial charge on any atom is -0.461 e. The predicted molar refractivity (Wildman–Crippen MR) is 94.0 cm³/mol. The van der Waals surface area contributed by atoms with Crippen molar-refractivity contribution in [2.45, 2.75) is 57.7 Å². The molecule has 5 unspecified atom stereocenters. The van der Waals surface area contributed by atoms with Crippen LogP contribution in [0.25, 0.3) is 0 Å². The van der Waals surface area contributed by atoms with Gasteiger partial charge in [-0.3, -0.25) is 4.79 Å². The van der Waals surface area contributed by atoms with Crippen LogP contribution in [0.1, 0.15) is 34.1 Å². The van der Waals surface area contributed by atoms with Gasteiger partial charge in [-0.2, -0.15) is 0 Å². The monoisotopic (exact) mass is 362 g/mol. The number of carbonyl (C=O) groups is 2. The number of hydrogen-bond acceptors (Lipinski definition) is 6. The van der Waals surface area contributed by atoms with Crippen molar-refractivity contribution in [3.8, 4) is 0 Å². The summed E-state index contributed by atoms with van der Waals surface area (Å²) in [7, 11) is 1.57. The van der Waals surface area contributed by atoms with E-state index in [1.54, 1.807) is 21.0 Å². The van der Waals surface area contributed by atoms with E-state index >= 15 is 0 Å². The third-order valence-corrected chi connectivity index (χ3v) is 5.31. The maximum Gasteiger partial charge on any atom is 0.334 e. The first kappa shape index (κ1) is 18.9. The van der Waals surface area contributed by atoms with Crippen LogP contribution in [0.15, 0.2) is 36.0 Å². The van der Waals surface area contributed by atoms with Crippen LogP contribution in [0.5, 0.6) is 0 Å². The molecule has 26 heavy (non-hydrogen) atoms. The molecule has 3 aliphatic rings. The number of methoxy groups -OCH3 is 1. The van der Waals surface area contributed by atoms with E-state index in [0.29, 0.717) is 12.0 Å². The van der Waals surface area contributed by atoms with Crippen LogP contribution in [-0.2, 0) is 28.5 Å². The highest BCUT2D eigenvalue weighted by molar-refractivity contribution is 5.91. The first-order valence-electron chi connectivity index (χ1n) is 8.86. The first-order valence-corrected chi connectivity index (χ1v) is 8.86. The second kappa shape index (κ2) is 6.35. The summed E-state index contributed by atoms with van der Waals surface area (Å²) in [6.07, 6.45) is 4.77. The molecule has 1 saturated heterocycles. The molecule has 0 radical (unpaired) electrons. The Labute approximate surface area is 153 Å². The second-order valence-electron chi connectivity index (χ2n) is 7.72. The second-order valence-corrected chi connectivity index (χ2v) is 7.72. The Morgan fingerprint density at radius 3 is 2.69 bits per heavy atom. The zero-order valence-corrected chi connectivity index (χ0v) is 15.9. The van der Waals surface area contributed by atoms with Crippen molar-refractivity contribution in [3.05, 3.63) is 36.0 Å². The van der Waals surface area contributed by atoms with Crippen molar-refractivity contribution in [2.24, 2.45) is 11.8 Å². The van der Waals surface area contributed by atoms with Crippen molar-refractivity contribution in [1.82, 2.24) is 0 Å². The first-order chi connectivity index (χ1) is 12.1. The molecule has 0 aromatic rings. The molecule has 0 saturated carbocycles. The lowest BCUT2D eigenvalue weighted by Crippen LogP contribution is -2.41. The Morgan fingerprint density at radius 1 is 1.38 bits per heavy atom. The highest BCUT2D eigenvalue weighted by Gasteiger charge is 2.52. The van der Waals surface area contributed by atoms with Crippen molar-refractivity contribution in [3.63, 3.8) is 0 Å². The molecule has 3 aliphatic heterocycles. The molecule has 0 spiro atoms. The number of hydrogen-bond donors (Lipinski definition) is 0. The van der Waals surface area contributed by atoms with Crippen LogP contribution in [0.2, 0.25) is 0 Å². The smallest absolute Gasteiger partial charge is 0.334 e. The molecule has 0 aromatic heterocycles. The molecule has 3 heterocycles. The van der Waals surface area contributed by atoms with Gasteiger partial charge in [0.2, 0.25) is 5.79 Å². The Bertz CT molecular complexity index is 705. The summed E-state index contributed by atoms with van der Waals surface area (Å²) >= 11 is 0. The summed E-state index contributed by atoms with van der Waals surface area (Å²) in [5, 5.41) is 0. The number of ether oxygens (including phenoxy) is 4. The zero-order valence-electron chi connectivity index (χ0n) is 15.9. The van der Waals surface area contributed by atoms with Gasteiger partial charge in [-0.05, 0) is 31.6 Å². The van der Waals surface area contributed by atoms with Crippen LogP contribution in [0, 0.1) is 11.8 Å². The van der Waals surface area contributed by atoms with Gasteiger partial charge in [-0.25, -0.2) is 4.79 Å². The fourth-order valence-electron chi connectivity index (χ4n) is 3.76. The van der Waals surface area contributed by atoms with E-state index in [4.69, 9.17) is 18.9 Å². The van der Waals surface area contributed by atoms with Gasteiger partial charge < -0.3 is 18.9 Å². The molecular weight excluding hydrogens is 336 g/mol. The van der Waals surface area contributed by atoms with Crippen LogP contribution in [0.4, 0.5) is 0 Å². The maximum atomic E-state index is 12.3. The molecule has 0 aliphatic carbocycles. The van der Waals surface area contributed by atoms with Crippen molar-refractivity contribution in [2.75, 3.05) is 7.11 Å². The molecule has 5 atom stereocenters. The molecule has 3 rings (SSSR count). The molecule has 6 nitrogen and oxygen atoms in total. The molecule has 2 bridgehead atoms. The van der Waals surface area contributed by atoms with Crippen molar-refractivity contribution < 1.29 is 28.5 Å². The summed E-state index contributed by atoms with van der Waals surface area (Å²) in [5.41, 5.74) is 0.374. The topological polar surface area (TPSA) is 71.1 Å². The highest BCUT2D eigenvalue weighted by atomic mass is 16.7. The Kier molecular flexibility index (Phi) is 4.61. The van der Waals surface area contributed by atoms with Crippen molar-refractivity contribution >= 4 is 11.9 Å². The molecule has 1 fully saturated rings. The third kappa shape index (κ3) is 3.01. The van der Waals surface area contributed by atoms with Gasteiger partial charge in [0.15, 0.2) is 0 Å². The van der Waals surface area contributed by atoms with E-state index in [1.165, 1.54) is 0 Å². The van der Waals surface area contributed by atoms with Crippen LogP contribution < -0.4 is 0 Å². The maximum absolute atomic E-state index is 12.3. The fourth-order valence-corrected chi connectivity index (χ4v) is 3.76. The van der Waals surface area contributed by atoms with Crippen LogP contribution in [0.3, 0.4) is 0 Å². The number of esters is 2. The van der Waals surface area contributed by atoms with Gasteiger partial charge in [0, 0.05) is 19.1 Å². The summed E-state index contributed by atoms with van der Waals surface area (Å²) < 4.78 is 23.2. The molecule has 0 N–H and O–H groups in total. The largest absolute Gasteiger partial charge is 0.461 e. The highest BCUT2D eigenvalue weighted by Crippen LogP contribution is 2.45. The SMILES string of the molecule is C=C1C(=O)OC2C=C(C)C3(OC)C=CC(C)(CC(OC(=O)C(C)C)C12)O3. The standard InChI is InChI=1S/C20H26O6/c1-11(2)17(21)25-15-10-19(5)7-8-20(23-6,26-19)12(3)9-14-16(15)13(4)18(22)24-14/h7-9,11,14-16H,4,10H2,1-3,5-6H3. The minimum atomic E-state index is -1.02. The minimum absolute atomic E-state index is 0.282. The average Bonchev–Trinajstić information content (AvgIpc) is 3.05. The van der Waals surface area contributed by atoms with E-state index in [2.05, 4.69) is 6.58 Å². The van der Waals surface area contributed by atoms with E-state index in [-0.39, 0.29) is 11.9 Å². The van der Waals surface area contributed by atoms with Gasteiger partial charge in [0.05, 0.1) is 17.4 Å². The van der Waals surface area contributed by atoms with Gasteiger partial charge in [0.25, 0.3) is 0 Å². The number of fused-ring (bicyclic) bond motifs is 3. The summed E-state index contributed by atoms with van der Waals surface area (Å²) in [4.78, 5) is 24.4. The zero-order chi connectivity index (χ0) is 19.3.